The summed E-state index contributed by atoms with van der Waals surface area (Å²) in [6.07, 6.45) is 3.26. The number of hydrogen-bond acceptors (Lipinski definition) is 0. The highest BCUT2D eigenvalue weighted by Gasteiger charge is 2.72. The normalized spacial score (nSPS) is 30.8. The summed E-state index contributed by atoms with van der Waals surface area (Å²) < 4.78 is 0. The van der Waals surface area contributed by atoms with Crippen LogP contribution in [0.1, 0.15) is 46.7 Å². The van der Waals surface area contributed by atoms with Crippen molar-refractivity contribution in [2.24, 2.45) is 5.92 Å². The smallest absolute Gasteiger partial charge is 0.0508 e. The van der Waals surface area contributed by atoms with Crippen LogP contribution < -0.4 is 0 Å². The zero-order valence-electron chi connectivity index (χ0n) is 18.6. The molecule has 0 heterocycles. The molecule has 0 N–H and O–H groups in total. The van der Waals surface area contributed by atoms with Gasteiger partial charge in [0.2, 0.25) is 0 Å². The minimum Gasteiger partial charge on any atom is -0.0894 e. The van der Waals surface area contributed by atoms with E-state index >= 15 is 0 Å². The fourth-order valence-electron chi connectivity index (χ4n) is 7.91. The van der Waals surface area contributed by atoms with Crippen LogP contribution in [0.15, 0.2) is 120 Å². The van der Waals surface area contributed by atoms with Gasteiger partial charge in [-0.05, 0) is 39.8 Å². The van der Waals surface area contributed by atoms with Crippen molar-refractivity contribution < 1.29 is 0 Å². The maximum absolute atomic E-state index is 7.09. The third kappa shape index (κ3) is 2.14. The van der Waals surface area contributed by atoms with Crippen LogP contribution in [-0.4, -0.2) is 0 Å². The fraction of sp³-hybridized carbons (Fsp3) is 0.188. The van der Waals surface area contributed by atoms with Crippen molar-refractivity contribution in [2.75, 3.05) is 0 Å². The van der Waals surface area contributed by atoms with Crippen molar-refractivity contribution in [2.45, 2.75) is 29.6 Å². The molecule has 0 saturated heterocycles. The Balaban J connectivity index is 1.73. The number of halogens is 1. The summed E-state index contributed by atoms with van der Waals surface area (Å²) in [6, 6.07) is 40.5. The molecule has 33 heavy (non-hydrogen) atoms. The highest BCUT2D eigenvalue weighted by Crippen LogP contribution is 2.75. The van der Waals surface area contributed by atoms with Crippen LogP contribution in [0.4, 0.5) is 0 Å². The van der Waals surface area contributed by atoms with E-state index in [0.717, 1.165) is 11.5 Å². The van der Waals surface area contributed by atoms with Gasteiger partial charge in [0.1, 0.15) is 0 Å². The Morgan fingerprint density at radius 2 is 1.09 bits per heavy atom. The Labute approximate surface area is 200 Å². The van der Waals surface area contributed by atoms with Crippen molar-refractivity contribution in [3.63, 3.8) is 0 Å². The van der Waals surface area contributed by atoms with Gasteiger partial charge in [-0.1, -0.05) is 134 Å². The van der Waals surface area contributed by atoms with Gasteiger partial charge in [-0.2, -0.15) is 0 Å². The topological polar surface area (TPSA) is 0 Å². The zero-order valence-corrected chi connectivity index (χ0v) is 19.4. The predicted molar refractivity (Wildman–Crippen MR) is 136 cm³/mol. The molecule has 3 aliphatic rings. The van der Waals surface area contributed by atoms with Crippen molar-refractivity contribution >= 4 is 11.6 Å². The van der Waals surface area contributed by atoms with Crippen molar-refractivity contribution in [3.05, 3.63) is 154 Å². The lowest BCUT2D eigenvalue weighted by Gasteiger charge is -2.50. The lowest BCUT2D eigenvalue weighted by Crippen LogP contribution is -2.50. The molecule has 7 rings (SSSR count). The largest absolute Gasteiger partial charge is 0.0894 e. The van der Waals surface area contributed by atoms with Crippen LogP contribution in [0.3, 0.4) is 0 Å². The molecule has 0 aromatic heterocycles. The van der Waals surface area contributed by atoms with E-state index in [1.165, 1.54) is 33.4 Å². The monoisotopic (exact) mass is 444 g/mol. The molecule has 0 nitrogen and oxygen atoms in total. The van der Waals surface area contributed by atoms with Gasteiger partial charge in [-0.25, -0.2) is 0 Å². The van der Waals surface area contributed by atoms with E-state index in [-0.39, 0.29) is 16.2 Å². The maximum atomic E-state index is 7.09. The van der Waals surface area contributed by atoms with Crippen LogP contribution in [0.25, 0.3) is 0 Å². The van der Waals surface area contributed by atoms with Gasteiger partial charge in [0, 0.05) is 21.8 Å². The number of benzene rings is 4. The summed E-state index contributed by atoms with van der Waals surface area (Å²) in [5.74, 6) is 0.291. The SMILES string of the molecule is CC12CC(Cl)=CC3(c4ccccc4)c4ccccc4C(c4ccccc4)(c4ccccc41)C23. The first kappa shape index (κ1) is 19.4. The number of allylic oxidation sites excluding steroid dienone is 2. The molecule has 4 atom stereocenters. The average molecular weight is 445 g/mol. The van der Waals surface area contributed by atoms with E-state index in [1.54, 1.807) is 0 Å². The summed E-state index contributed by atoms with van der Waals surface area (Å²) in [5, 5.41) is 0.966. The highest BCUT2D eigenvalue weighted by molar-refractivity contribution is 6.30. The zero-order chi connectivity index (χ0) is 22.3. The van der Waals surface area contributed by atoms with E-state index in [9.17, 15) is 0 Å². The first-order valence-corrected chi connectivity index (χ1v) is 12.2. The highest BCUT2D eigenvalue weighted by atomic mass is 35.5. The summed E-state index contributed by atoms with van der Waals surface area (Å²) in [6.45, 7) is 2.46. The molecular weight excluding hydrogens is 420 g/mol. The van der Waals surface area contributed by atoms with E-state index in [2.05, 4.69) is 122 Å². The first-order chi connectivity index (χ1) is 16.1. The van der Waals surface area contributed by atoms with Crippen LogP contribution >= 0.6 is 11.6 Å². The molecule has 3 aliphatic carbocycles. The fourth-order valence-corrected chi connectivity index (χ4v) is 8.36. The standard InChI is InChI=1S/C32H25Cl/c1-30-20-24(33)21-31(22-12-4-2-5-13-22)26-17-9-11-19-28(26)32(29(30)31,23-14-6-3-7-15-23)27-18-10-8-16-25(27)30/h2-19,21,29H,20H2,1H3. The lowest BCUT2D eigenvalue weighted by atomic mass is 9.52. The van der Waals surface area contributed by atoms with E-state index < -0.39 is 0 Å². The van der Waals surface area contributed by atoms with Gasteiger partial charge >= 0.3 is 0 Å². The van der Waals surface area contributed by atoms with Crippen molar-refractivity contribution in [1.29, 1.82) is 0 Å². The number of rotatable bonds is 2. The van der Waals surface area contributed by atoms with Crippen LogP contribution in [-0.2, 0) is 16.2 Å². The summed E-state index contributed by atoms with van der Waals surface area (Å²) in [4.78, 5) is 0. The second-order valence-corrected chi connectivity index (χ2v) is 10.6. The van der Waals surface area contributed by atoms with Crippen molar-refractivity contribution in [1.82, 2.24) is 0 Å². The van der Waals surface area contributed by atoms with Gasteiger partial charge in [-0.15, -0.1) is 0 Å². The van der Waals surface area contributed by atoms with Crippen LogP contribution in [0.5, 0.6) is 0 Å². The Bertz CT molecular complexity index is 1420. The molecule has 1 heteroatoms. The first-order valence-electron chi connectivity index (χ1n) is 11.8. The molecule has 4 unspecified atom stereocenters. The molecule has 0 bridgehead atoms. The molecule has 0 saturated carbocycles. The van der Waals surface area contributed by atoms with Crippen LogP contribution in [0, 0.1) is 5.92 Å². The average Bonchev–Trinajstić information content (AvgIpc) is 3.27. The van der Waals surface area contributed by atoms with E-state index in [4.69, 9.17) is 11.6 Å². The molecule has 0 radical (unpaired) electrons. The van der Waals surface area contributed by atoms with Gasteiger partial charge in [0.05, 0.1) is 5.41 Å². The van der Waals surface area contributed by atoms with Gasteiger partial charge in [0.25, 0.3) is 0 Å². The number of fused-ring (bicyclic) bond motifs is 6. The second kappa shape index (κ2) is 6.49. The minimum atomic E-state index is -0.295. The Morgan fingerprint density at radius 1 is 0.606 bits per heavy atom. The molecule has 0 fully saturated rings. The molecular formula is C32H25Cl. The molecule has 4 aromatic carbocycles. The quantitative estimate of drug-likeness (QED) is 0.296. The minimum absolute atomic E-state index is 0.0901. The van der Waals surface area contributed by atoms with Gasteiger partial charge in [-0.3, -0.25) is 0 Å². The predicted octanol–water partition coefficient (Wildman–Crippen LogP) is 7.73. The summed E-state index contributed by atoms with van der Waals surface area (Å²) >= 11 is 7.09. The van der Waals surface area contributed by atoms with Crippen molar-refractivity contribution in [3.8, 4) is 0 Å². The molecule has 0 aliphatic heterocycles. The van der Waals surface area contributed by atoms with Gasteiger partial charge in [0.15, 0.2) is 0 Å². The molecule has 0 amide bonds. The molecule has 0 spiro atoms. The third-order valence-corrected chi connectivity index (χ3v) is 8.93. The Morgan fingerprint density at radius 3 is 1.73 bits per heavy atom. The van der Waals surface area contributed by atoms with Crippen LogP contribution in [0.2, 0.25) is 0 Å². The van der Waals surface area contributed by atoms with Gasteiger partial charge < -0.3 is 0 Å². The Kier molecular flexibility index (Phi) is 3.81. The summed E-state index contributed by atoms with van der Waals surface area (Å²) in [5.41, 5.74) is 7.79. The van der Waals surface area contributed by atoms with E-state index in [0.29, 0.717) is 5.92 Å². The second-order valence-electron chi connectivity index (χ2n) is 10.1. The maximum Gasteiger partial charge on any atom is 0.0508 e. The summed E-state index contributed by atoms with van der Waals surface area (Å²) in [7, 11) is 0. The lowest BCUT2D eigenvalue weighted by molar-refractivity contribution is 0.197. The third-order valence-electron chi connectivity index (χ3n) is 8.69. The van der Waals surface area contributed by atoms with E-state index in [1.807, 2.05) is 0 Å². The molecule has 160 valence electrons. The Hall–Kier alpha value is -3.09. The molecule has 4 aromatic rings. The number of hydrogen-bond donors (Lipinski definition) is 0.